The Hall–Kier alpha value is -2.89. The summed E-state index contributed by atoms with van der Waals surface area (Å²) in [5.74, 6) is 0.983. The molecule has 3 atom stereocenters. The van der Waals surface area contributed by atoms with Gasteiger partial charge in [-0.3, -0.25) is 15.1 Å². The van der Waals surface area contributed by atoms with E-state index in [4.69, 9.17) is 4.74 Å². The van der Waals surface area contributed by atoms with Crippen LogP contribution in [0.3, 0.4) is 0 Å². The summed E-state index contributed by atoms with van der Waals surface area (Å²) < 4.78 is 5.43. The molecule has 2 aromatic rings. The monoisotopic (exact) mass is 323 g/mol. The van der Waals surface area contributed by atoms with Crippen molar-refractivity contribution in [3.8, 4) is 5.75 Å². The number of pyridine rings is 1. The molecule has 0 saturated heterocycles. The fraction of sp³-hybridized carbons (Fsp3) is 0.278. The fourth-order valence-electron chi connectivity index (χ4n) is 3.82. The summed E-state index contributed by atoms with van der Waals surface area (Å²) in [5, 5.41) is 14.8. The number of nitro benzene ring substituents is 1. The van der Waals surface area contributed by atoms with Crippen molar-refractivity contribution < 1.29 is 9.66 Å². The fourth-order valence-corrected chi connectivity index (χ4v) is 3.82. The number of nitro groups is 1. The number of benzene rings is 1. The predicted molar refractivity (Wildman–Crippen MR) is 90.2 cm³/mol. The van der Waals surface area contributed by atoms with Crippen molar-refractivity contribution in [3.63, 3.8) is 0 Å². The summed E-state index contributed by atoms with van der Waals surface area (Å²) in [6, 6.07) is 7.29. The highest BCUT2D eigenvalue weighted by atomic mass is 16.6. The third-order valence-corrected chi connectivity index (χ3v) is 4.91. The maximum Gasteiger partial charge on any atom is 0.273 e. The molecule has 6 heteroatoms. The van der Waals surface area contributed by atoms with E-state index >= 15 is 0 Å². The second-order valence-corrected chi connectivity index (χ2v) is 6.13. The van der Waals surface area contributed by atoms with Crippen molar-refractivity contribution in [2.45, 2.75) is 18.4 Å². The summed E-state index contributed by atoms with van der Waals surface area (Å²) in [5.41, 5.74) is 3.01. The summed E-state index contributed by atoms with van der Waals surface area (Å²) in [6.07, 6.45) is 8.83. The largest absolute Gasteiger partial charge is 0.494 e. The second kappa shape index (κ2) is 5.63. The van der Waals surface area contributed by atoms with E-state index in [1.165, 1.54) is 6.07 Å². The van der Waals surface area contributed by atoms with Crippen LogP contribution in [-0.2, 0) is 0 Å². The van der Waals surface area contributed by atoms with Gasteiger partial charge in [-0.1, -0.05) is 12.2 Å². The van der Waals surface area contributed by atoms with Crippen LogP contribution in [0.2, 0.25) is 0 Å². The highest BCUT2D eigenvalue weighted by molar-refractivity contribution is 5.71. The number of anilines is 1. The van der Waals surface area contributed by atoms with Gasteiger partial charge in [0.2, 0.25) is 0 Å². The van der Waals surface area contributed by atoms with Crippen molar-refractivity contribution in [1.82, 2.24) is 4.98 Å². The molecule has 0 amide bonds. The van der Waals surface area contributed by atoms with E-state index in [1.54, 1.807) is 25.6 Å². The molecule has 1 aliphatic carbocycles. The Kier molecular flexibility index (Phi) is 3.45. The molecule has 4 rings (SSSR count). The molecule has 24 heavy (non-hydrogen) atoms. The van der Waals surface area contributed by atoms with E-state index in [-0.39, 0.29) is 22.6 Å². The van der Waals surface area contributed by atoms with Crippen molar-refractivity contribution in [2.75, 3.05) is 12.4 Å². The number of rotatable bonds is 3. The van der Waals surface area contributed by atoms with Gasteiger partial charge in [0.25, 0.3) is 5.69 Å². The quantitative estimate of drug-likeness (QED) is 0.528. The van der Waals surface area contributed by atoms with Gasteiger partial charge in [0, 0.05) is 24.4 Å². The van der Waals surface area contributed by atoms with Crippen LogP contribution >= 0.6 is 0 Å². The van der Waals surface area contributed by atoms with Gasteiger partial charge < -0.3 is 10.1 Å². The first-order chi connectivity index (χ1) is 11.7. The Bertz CT molecular complexity index is 820. The molecular weight excluding hydrogens is 306 g/mol. The number of ether oxygens (including phenoxy) is 1. The predicted octanol–water partition coefficient (Wildman–Crippen LogP) is 3.82. The zero-order valence-corrected chi connectivity index (χ0v) is 13.2. The van der Waals surface area contributed by atoms with Crippen LogP contribution in [0.5, 0.6) is 5.75 Å². The second-order valence-electron chi connectivity index (χ2n) is 6.13. The molecular formula is C18H17N3O3. The SMILES string of the molecule is COc1cc([N+](=O)[O-])cc2c1N[C@H](c1ccncc1)[C@H]1CC=C[C@@H]21. The molecule has 0 radical (unpaired) electrons. The average Bonchev–Trinajstić information content (AvgIpc) is 3.10. The molecule has 0 fully saturated rings. The van der Waals surface area contributed by atoms with Crippen LogP contribution in [0.15, 0.2) is 48.8 Å². The highest BCUT2D eigenvalue weighted by Gasteiger charge is 2.40. The molecule has 1 aromatic carbocycles. The lowest BCUT2D eigenvalue weighted by molar-refractivity contribution is -0.385. The number of hydrogen-bond acceptors (Lipinski definition) is 5. The van der Waals surface area contributed by atoms with Gasteiger partial charge in [-0.05, 0) is 35.6 Å². The first-order valence-electron chi connectivity index (χ1n) is 7.88. The molecule has 2 aliphatic rings. The number of methoxy groups -OCH3 is 1. The standard InChI is InChI=1S/C18H17N3O3/c1-24-16-10-12(21(22)23)9-15-13-3-2-4-14(13)17(20-18(15)16)11-5-7-19-8-6-11/h2-3,5-10,13-14,17,20H,4H2,1H3/t13-,14+,17-/m1/s1. The van der Waals surface area contributed by atoms with Crippen molar-refractivity contribution >= 4 is 11.4 Å². The zero-order valence-electron chi connectivity index (χ0n) is 13.2. The molecule has 6 nitrogen and oxygen atoms in total. The molecule has 2 heterocycles. The Morgan fingerprint density at radius 2 is 2.12 bits per heavy atom. The minimum absolute atomic E-state index is 0.0637. The number of aromatic nitrogens is 1. The lowest BCUT2D eigenvalue weighted by atomic mass is 9.77. The van der Waals surface area contributed by atoms with Crippen LogP contribution < -0.4 is 10.1 Å². The van der Waals surface area contributed by atoms with Gasteiger partial charge in [-0.15, -0.1) is 0 Å². The Balaban J connectivity index is 1.86. The normalized spacial score (nSPS) is 24.0. The van der Waals surface area contributed by atoms with Gasteiger partial charge in [0.15, 0.2) is 0 Å². The van der Waals surface area contributed by atoms with Crippen LogP contribution in [0.25, 0.3) is 0 Å². The summed E-state index contributed by atoms with van der Waals surface area (Å²) in [4.78, 5) is 15.0. The molecule has 0 unspecified atom stereocenters. The maximum atomic E-state index is 11.2. The lowest BCUT2D eigenvalue weighted by Gasteiger charge is -2.37. The van der Waals surface area contributed by atoms with E-state index in [9.17, 15) is 10.1 Å². The van der Waals surface area contributed by atoms with Crippen LogP contribution in [0.4, 0.5) is 11.4 Å². The molecule has 122 valence electrons. The van der Waals surface area contributed by atoms with E-state index in [0.29, 0.717) is 11.7 Å². The summed E-state index contributed by atoms with van der Waals surface area (Å²) in [6.45, 7) is 0. The number of nitrogens with zero attached hydrogens (tertiary/aromatic N) is 2. The van der Waals surface area contributed by atoms with E-state index in [2.05, 4.69) is 22.5 Å². The van der Waals surface area contributed by atoms with Gasteiger partial charge in [-0.25, -0.2) is 0 Å². The zero-order chi connectivity index (χ0) is 16.7. The first kappa shape index (κ1) is 14.7. The number of allylic oxidation sites excluding steroid dienone is 2. The van der Waals surface area contributed by atoms with Crippen LogP contribution in [-0.4, -0.2) is 17.0 Å². The van der Waals surface area contributed by atoms with Gasteiger partial charge in [0.1, 0.15) is 5.75 Å². The maximum absolute atomic E-state index is 11.2. The van der Waals surface area contributed by atoms with Crippen molar-refractivity contribution in [3.05, 3.63) is 70.1 Å². The van der Waals surface area contributed by atoms with E-state index in [0.717, 1.165) is 23.2 Å². The van der Waals surface area contributed by atoms with E-state index in [1.807, 2.05) is 12.1 Å². The third-order valence-electron chi connectivity index (χ3n) is 4.91. The Morgan fingerprint density at radius 1 is 1.33 bits per heavy atom. The van der Waals surface area contributed by atoms with E-state index < -0.39 is 0 Å². The lowest BCUT2D eigenvalue weighted by Crippen LogP contribution is -2.29. The molecule has 0 spiro atoms. The molecule has 1 aromatic heterocycles. The number of hydrogen-bond donors (Lipinski definition) is 1. The molecule has 1 N–H and O–H groups in total. The molecule has 0 saturated carbocycles. The van der Waals surface area contributed by atoms with Gasteiger partial charge in [-0.2, -0.15) is 0 Å². The van der Waals surface area contributed by atoms with Crippen LogP contribution in [0, 0.1) is 16.0 Å². The molecule has 1 aliphatic heterocycles. The Morgan fingerprint density at radius 3 is 2.83 bits per heavy atom. The minimum atomic E-state index is -0.370. The summed E-state index contributed by atoms with van der Waals surface area (Å²) >= 11 is 0. The number of nitrogens with one attached hydrogen (secondary N) is 1. The smallest absolute Gasteiger partial charge is 0.273 e. The highest BCUT2D eigenvalue weighted by Crippen LogP contribution is 2.53. The Labute approximate surface area is 139 Å². The first-order valence-corrected chi connectivity index (χ1v) is 7.88. The van der Waals surface area contributed by atoms with Crippen molar-refractivity contribution in [1.29, 1.82) is 0 Å². The van der Waals surface area contributed by atoms with Gasteiger partial charge >= 0.3 is 0 Å². The number of non-ortho nitro benzene ring substituents is 1. The third kappa shape index (κ3) is 2.22. The number of fused-ring (bicyclic) bond motifs is 3. The topological polar surface area (TPSA) is 77.3 Å². The molecule has 0 bridgehead atoms. The minimum Gasteiger partial charge on any atom is -0.494 e. The van der Waals surface area contributed by atoms with Gasteiger partial charge in [0.05, 0.1) is 29.8 Å². The van der Waals surface area contributed by atoms with Crippen molar-refractivity contribution in [2.24, 2.45) is 5.92 Å². The van der Waals surface area contributed by atoms with Crippen LogP contribution in [0.1, 0.15) is 29.5 Å². The average molecular weight is 323 g/mol. The summed E-state index contributed by atoms with van der Waals surface area (Å²) in [7, 11) is 1.54.